The first-order valence-corrected chi connectivity index (χ1v) is 24.1. The minimum absolute atomic E-state index is 0.137. The van der Waals surface area contributed by atoms with Gasteiger partial charge in [0.25, 0.3) is 8.32 Å². The molecule has 4 atom stereocenters. The second kappa shape index (κ2) is 14.6. The monoisotopic (exact) mass is 704 g/mol. The van der Waals surface area contributed by atoms with Crippen LogP contribution >= 0.6 is 11.8 Å². The molecule has 2 bridgehead atoms. The fourth-order valence-corrected chi connectivity index (χ4v) is 24.8. The van der Waals surface area contributed by atoms with E-state index in [0.717, 1.165) is 5.75 Å². The van der Waals surface area contributed by atoms with Gasteiger partial charge in [0.1, 0.15) is 18.3 Å². The molecule has 0 spiro atoms. The molecule has 10 heteroatoms. The molecule has 2 heterocycles. The Morgan fingerprint density at radius 3 is 1.74 bits per heavy atom. The Hall–Kier alpha value is -0.799. The third-order valence-corrected chi connectivity index (χ3v) is 26.6. The minimum atomic E-state index is -3.01. The molecule has 2 aromatic carbocycles. The number of rotatable bonds is 11. The van der Waals surface area contributed by atoms with Gasteiger partial charge >= 0.3 is 17.1 Å². The topological polar surface area (TPSA) is 66.4 Å². The summed E-state index contributed by atoms with van der Waals surface area (Å²) in [5.41, 5.74) is 0.676. The molecule has 2 fully saturated rings. The third-order valence-electron chi connectivity index (χ3n) is 10.1. The largest absolute Gasteiger partial charge is 0.414 e. The van der Waals surface area contributed by atoms with Crippen LogP contribution in [-0.2, 0) is 22.1 Å². The first-order valence-electron chi connectivity index (χ1n) is 17.3. The number of aliphatic hydroxyl groups excluding tert-OH is 1. The normalized spacial score (nSPS) is 26.8. The molecular formula is C36H60O6SSi3. The lowest BCUT2D eigenvalue weighted by Crippen LogP contribution is -2.67. The molecule has 2 saturated heterocycles. The van der Waals surface area contributed by atoms with Crippen molar-refractivity contribution in [2.75, 3.05) is 19.0 Å². The van der Waals surface area contributed by atoms with Gasteiger partial charge in [0.15, 0.2) is 4.93 Å². The van der Waals surface area contributed by atoms with Crippen molar-refractivity contribution in [3.05, 3.63) is 60.7 Å². The number of hydrogen-bond acceptors (Lipinski definition) is 7. The van der Waals surface area contributed by atoms with Crippen molar-refractivity contribution in [2.45, 2.75) is 134 Å². The van der Waals surface area contributed by atoms with Crippen LogP contribution in [0.25, 0.3) is 0 Å². The van der Waals surface area contributed by atoms with Crippen molar-refractivity contribution in [3.8, 4) is 0 Å². The van der Waals surface area contributed by atoms with E-state index in [2.05, 4.69) is 144 Å². The van der Waals surface area contributed by atoms with E-state index in [-0.39, 0.29) is 33.8 Å². The summed E-state index contributed by atoms with van der Waals surface area (Å²) in [6.07, 6.45) is -2.01. The van der Waals surface area contributed by atoms with Gasteiger partial charge in [-0.1, -0.05) is 144 Å². The summed E-state index contributed by atoms with van der Waals surface area (Å²) < 4.78 is 36.5. The van der Waals surface area contributed by atoms with E-state index >= 15 is 0 Å². The fourth-order valence-electron chi connectivity index (χ4n) is 7.75. The Morgan fingerprint density at radius 2 is 1.33 bits per heavy atom. The lowest BCUT2D eigenvalue weighted by Gasteiger charge is -2.49. The molecule has 46 heavy (non-hydrogen) atoms. The number of hydrogen-bond donors (Lipinski definition) is 1. The van der Waals surface area contributed by atoms with Gasteiger partial charge in [0.05, 0.1) is 13.2 Å². The van der Waals surface area contributed by atoms with E-state index in [0.29, 0.717) is 6.61 Å². The first-order chi connectivity index (χ1) is 21.5. The molecular weight excluding hydrogens is 645 g/mol. The predicted octanol–water partition coefficient (Wildman–Crippen LogP) is 7.73. The molecule has 0 unspecified atom stereocenters. The molecule has 258 valence electrons. The van der Waals surface area contributed by atoms with Crippen molar-refractivity contribution in [1.82, 2.24) is 0 Å². The maximum Gasteiger partial charge on any atom is 0.335 e. The van der Waals surface area contributed by atoms with E-state index < -0.39 is 48.7 Å². The average molecular weight is 705 g/mol. The number of ether oxygens (including phenoxy) is 1. The van der Waals surface area contributed by atoms with Gasteiger partial charge in [-0.2, -0.15) is 0 Å². The molecule has 2 aliphatic rings. The van der Waals surface area contributed by atoms with Gasteiger partial charge in [-0.05, 0) is 43.3 Å². The van der Waals surface area contributed by atoms with Crippen molar-refractivity contribution < 1.29 is 27.2 Å². The highest BCUT2D eigenvalue weighted by Gasteiger charge is 2.65. The molecule has 2 aliphatic heterocycles. The van der Waals surface area contributed by atoms with E-state index in [1.165, 1.54) is 10.4 Å². The van der Waals surface area contributed by atoms with E-state index in [9.17, 15) is 5.11 Å². The highest BCUT2D eigenvalue weighted by Crippen LogP contribution is 2.51. The SMILES string of the molecule is CCS[C@]12CO[Si](C(C)C)(C(C)C)O[Si](C(C)C)(C(C)C)O[C@H]([C@@H](CO[Si](c3ccccc3)(c3ccccc3)C(C)(C)C)O1)[C@@H]2O. The van der Waals surface area contributed by atoms with Gasteiger partial charge < -0.3 is 27.2 Å². The second-order valence-electron chi connectivity index (χ2n) is 15.4. The Kier molecular flexibility index (Phi) is 12.1. The maximum absolute atomic E-state index is 12.3. The summed E-state index contributed by atoms with van der Waals surface area (Å²) >= 11 is 1.62. The summed E-state index contributed by atoms with van der Waals surface area (Å²) in [4.78, 5) is -0.983. The zero-order valence-corrected chi connectivity index (χ0v) is 34.1. The quantitative estimate of drug-likeness (QED) is 0.240. The highest BCUT2D eigenvalue weighted by atomic mass is 32.2. The van der Waals surface area contributed by atoms with E-state index in [1.807, 2.05) is 0 Å². The maximum atomic E-state index is 12.3. The zero-order valence-electron chi connectivity index (χ0n) is 30.3. The van der Waals surface area contributed by atoms with Crippen LogP contribution in [0.2, 0.25) is 27.2 Å². The first kappa shape index (κ1) is 38.0. The molecule has 6 nitrogen and oxygen atoms in total. The Balaban J connectivity index is 1.85. The highest BCUT2D eigenvalue weighted by molar-refractivity contribution is 8.00. The third kappa shape index (κ3) is 6.69. The van der Waals surface area contributed by atoms with Crippen LogP contribution in [0.3, 0.4) is 0 Å². The molecule has 0 amide bonds. The van der Waals surface area contributed by atoms with E-state index in [1.54, 1.807) is 11.8 Å². The summed E-state index contributed by atoms with van der Waals surface area (Å²) in [5.74, 6) is 0.769. The molecule has 0 radical (unpaired) electrons. The molecule has 1 N–H and O–H groups in total. The van der Waals surface area contributed by atoms with Crippen LogP contribution in [0.5, 0.6) is 0 Å². The van der Waals surface area contributed by atoms with Gasteiger partial charge in [-0.15, -0.1) is 11.8 Å². The van der Waals surface area contributed by atoms with Crippen LogP contribution in [0.15, 0.2) is 60.7 Å². The van der Waals surface area contributed by atoms with Crippen LogP contribution in [-0.4, -0.2) is 72.8 Å². The van der Waals surface area contributed by atoms with E-state index in [4.69, 9.17) is 22.1 Å². The zero-order chi connectivity index (χ0) is 34.1. The van der Waals surface area contributed by atoms with Crippen molar-refractivity contribution in [2.24, 2.45) is 0 Å². The average Bonchev–Trinajstić information content (AvgIpc) is 3.26. The number of thioether (sulfide) groups is 1. The molecule has 2 aromatic rings. The Morgan fingerprint density at radius 1 is 0.848 bits per heavy atom. The molecule has 0 aromatic heterocycles. The second-order valence-corrected chi connectivity index (χ2v) is 30.1. The number of benzene rings is 2. The van der Waals surface area contributed by atoms with Crippen molar-refractivity contribution in [3.63, 3.8) is 0 Å². The minimum Gasteiger partial charge on any atom is -0.414 e. The van der Waals surface area contributed by atoms with Gasteiger partial charge in [0, 0.05) is 0 Å². The summed E-state index contributed by atoms with van der Waals surface area (Å²) in [5, 5.41) is 14.6. The lowest BCUT2D eigenvalue weighted by molar-refractivity contribution is -0.0623. The Bertz CT molecular complexity index is 1200. The predicted molar refractivity (Wildman–Crippen MR) is 199 cm³/mol. The smallest absolute Gasteiger partial charge is 0.335 e. The molecule has 0 saturated carbocycles. The summed E-state index contributed by atoms with van der Waals surface area (Å²) in [6.45, 7) is 27.3. The van der Waals surface area contributed by atoms with Crippen LogP contribution in [0.4, 0.5) is 0 Å². The summed E-state index contributed by atoms with van der Waals surface area (Å²) in [6, 6.07) is 21.4. The van der Waals surface area contributed by atoms with Crippen molar-refractivity contribution >= 4 is 47.6 Å². The van der Waals surface area contributed by atoms with Crippen molar-refractivity contribution in [1.29, 1.82) is 0 Å². The van der Waals surface area contributed by atoms with Crippen LogP contribution < -0.4 is 10.4 Å². The van der Waals surface area contributed by atoms with Gasteiger partial charge in [-0.25, -0.2) is 0 Å². The van der Waals surface area contributed by atoms with Crippen LogP contribution in [0, 0.1) is 0 Å². The molecule has 4 rings (SSSR count). The van der Waals surface area contributed by atoms with Crippen LogP contribution in [0.1, 0.15) is 83.1 Å². The van der Waals surface area contributed by atoms with Gasteiger partial charge in [-0.3, -0.25) is 0 Å². The summed E-state index contributed by atoms with van der Waals surface area (Å²) in [7, 11) is -8.70. The number of fused-ring (bicyclic) bond motifs is 2. The van der Waals surface area contributed by atoms with Gasteiger partial charge in [0.2, 0.25) is 0 Å². The fraction of sp³-hybridized carbons (Fsp3) is 0.667. The standard InChI is InChI=1S/C36H60O6SSi3/c1-13-43-36-25-39-45(26(2)3,27(4)5)42-46(28(6)7,29(8)9)41-33(34(36)37)32(40-36)24-38-44(35(10,11)12,30-20-16-14-17-21-30)31-22-18-15-19-23-31/h14-23,26-29,32-34,37H,13,24-25H2,1-12H3/t32-,33-,34+,36+/m1/s1. The Labute approximate surface area is 286 Å². The molecule has 0 aliphatic carbocycles. The lowest BCUT2D eigenvalue weighted by atomic mass is 10.1. The number of aliphatic hydroxyl groups is 1.